The lowest BCUT2D eigenvalue weighted by Crippen LogP contribution is -2.24. The average molecular weight is 312 g/mol. The monoisotopic (exact) mass is 312 g/mol. The van der Waals surface area contributed by atoms with Crippen LogP contribution in [0.3, 0.4) is 0 Å². The first-order valence-corrected chi connectivity index (χ1v) is 7.75. The third-order valence-corrected chi connectivity index (χ3v) is 4.45. The number of benzene rings is 2. The summed E-state index contributed by atoms with van der Waals surface area (Å²) in [5.41, 5.74) is 2.87. The first-order valence-electron chi connectivity index (χ1n) is 6.77. The van der Waals surface area contributed by atoms with Crippen LogP contribution in [0.25, 0.3) is 22.2 Å². The van der Waals surface area contributed by atoms with E-state index in [0.29, 0.717) is 0 Å². The fourth-order valence-corrected chi connectivity index (χ4v) is 3.26. The van der Waals surface area contributed by atoms with E-state index in [2.05, 4.69) is 4.98 Å². The van der Waals surface area contributed by atoms with Gasteiger partial charge in [-0.15, -0.1) is 11.8 Å². The number of hydrogen-bond acceptors (Lipinski definition) is 4. The Morgan fingerprint density at radius 3 is 2.68 bits per heavy atom. The molecule has 0 saturated heterocycles. The van der Waals surface area contributed by atoms with Gasteiger partial charge in [-0.1, -0.05) is 30.3 Å². The normalized spacial score (nSPS) is 10.8. The first kappa shape index (κ1) is 14.5. The molecule has 5 heteroatoms. The first-order chi connectivity index (χ1) is 10.7. The smallest absolute Gasteiger partial charge is 0.119 e. The number of ether oxygens (including phenoxy) is 1. The summed E-state index contributed by atoms with van der Waals surface area (Å²) in [4.78, 5) is 15.1. The fraction of sp³-hybridized carbons (Fsp3) is 0.118. The highest BCUT2D eigenvalue weighted by Gasteiger charge is 2.14. The Labute approximate surface area is 132 Å². The number of carboxylic acids is 1. The number of methoxy groups -OCH3 is 1. The summed E-state index contributed by atoms with van der Waals surface area (Å²) in [7, 11) is 1.61. The lowest BCUT2D eigenvalue weighted by atomic mass is 10.1. The third kappa shape index (κ3) is 2.80. The maximum absolute atomic E-state index is 10.8. The zero-order valence-corrected chi connectivity index (χ0v) is 12.8. The second-order valence-corrected chi connectivity index (χ2v) is 5.75. The van der Waals surface area contributed by atoms with Crippen LogP contribution in [0.4, 0.5) is 0 Å². The molecule has 0 unspecified atom stereocenters. The van der Waals surface area contributed by atoms with Crippen molar-refractivity contribution in [3.8, 4) is 17.0 Å². The highest BCUT2D eigenvalue weighted by atomic mass is 32.2. The molecule has 1 heterocycles. The van der Waals surface area contributed by atoms with E-state index in [1.807, 2.05) is 48.5 Å². The van der Waals surface area contributed by atoms with Gasteiger partial charge in [0.05, 0.1) is 18.8 Å². The molecular formula is C17H14NO3S-. The highest BCUT2D eigenvalue weighted by Crippen LogP contribution is 2.38. The van der Waals surface area contributed by atoms with Crippen LogP contribution in [0.1, 0.15) is 0 Å². The highest BCUT2D eigenvalue weighted by molar-refractivity contribution is 8.00. The molecule has 0 aliphatic heterocycles. The summed E-state index contributed by atoms with van der Waals surface area (Å²) in [6.45, 7) is 0. The number of carboxylic acid groups (broad SMARTS) is 1. The van der Waals surface area contributed by atoms with Crippen LogP contribution in [0, 0.1) is 0 Å². The summed E-state index contributed by atoms with van der Waals surface area (Å²) in [6.07, 6.45) is 0. The van der Waals surface area contributed by atoms with E-state index in [1.165, 1.54) is 11.8 Å². The summed E-state index contributed by atoms with van der Waals surface area (Å²) >= 11 is 1.26. The van der Waals surface area contributed by atoms with Gasteiger partial charge in [0.25, 0.3) is 0 Å². The molecule has 0 spiro atoms. The van der Waals surface area contributed by atoms with Crippen molar-refractivity contribution >= 4 is 28.6 Å². The van der Waals surface area contributed by atoms with Crippen LogP contribution in [0.5, 0.6) is 5.75 Å². The van der Waals surface area contributed by atoms with Gasteiger partial charge in [-0.2, -0.15) is 0 Å². The maximum atomic E-state index is 10.8. The molecule has 0 bridgehead atoms. The molecule has 0 saturated carbocycles. The summed E-state index contributed by atoms with van der Waals surface area (Å²) < 4.78 is 5.27. The Hall–Kier alpha value is -2.40. The number of aliphatic carboxylic acids is 1. The van der Waals surface area contributed by atoms with Crippen LogP contribution < -0.4 is 9.84 Å². The Kier molecular flexibility index (Phi) is 4.06. The topological polar surface area (TPSA) is 65.2 Å². The SMILES string of the molecule is COc1ccc2[nH]c(-c3ccccc3)c(SCC(=O)[O-])c2c1. The summed E-state index contributed by atoms with van der Waals surface area (Å²) in [5, 5.41) is 11.8. The van der Waals surface area contributed by atoms with Crippen LogP contribution in [-0.4, -0.2) is 23.8 Å². The summed E-state index contributed by atoms with van der Waals surface area (Å²) in [5.74, 6) is -0.438. The number of H-pyrrole nitrogens is 1. The van der Waals surface area contributed by atoms with Gasteiger partial charge in [0.15, 0.2) is 0 Å². The predicted octanol–water partition coefficient (Wildman–Crippen LogP) is 2.69. The molecule has 0 aliphatic carbocycles. The van der Waals surface area contributed by atoms with Gasteiger partial charge in [0, 0.05) is 21.6 Å². The predicted molar refractivity (Wildman–Crippen MR) is 86.0 cm³/mol. The summed E-state index contributed by atoms with van der Waals surface area (Å²) in [6, 6.07) is 15.6. The lowest BCUT2D eigenvalue weighted by molar-refractivity contribution is -0.301. The number of thioether (sulfide) groups is 1. The quantitative estimate of drug-likeness (QED) is 0.736. The van der Waals surface area contributed by atoms with Crippen LogP contribution in [0.15, 0.2) is 53.4 Å². The largest absolute Gasteiger partial charge is 0.549 e. The van der Waals surface area contributed by atoms with Gasteiger partial charge in [-0.05, 0) is 23.8 Å². The minimum Gasteiger partial charge on any atom is -0.549 e. The molecule has 112 valence electrons. The van der Waals surface area contributed by atoms with Crippen molar-refractivity contribution in [2.45, 2.75) is 4.90 Å². The van der Waals surface area contributed by atoms with Gasteiger partial charge in [0.1, 0.15) is 5.75 Å². The van der Waals surface area contributed by atoms with E-state index in [1.54, 1.807) is 7.11 Å². The number of aromatic amines is 1. The number of fused-ring (bicyclic) bond motifs is 1. The van der Waals surface area contributed by atoms with Crippen molar-refractivity contribution in [1.82, 2.24) is 4.98 Å². The zero-order chi connectivity index (χ0) is 15.5. The van der Waals surface area contributed by atoms with E-state index < -0.39 is 5.97 Å². The number of nitrogens with one attached hydrogen (secondary N) is 1. The van der Waals surface area contributed by atoms with E-state index >= 15 is 0 Å². The van der Waals surface area contributed by atoms with Gasteiger partial charge in [-0.3, -0.25) is 0 Å². The van der Waals surface area contributed by atoms with Crippen LogP contribution >= 0.6 is 11.8 Å². The molecule has 3 rings (SSSR count). The van der Waals surface area contributed by atoms with Crippen LogP contribution in [0.2, 0.25) is 0 Å². The lowest BCUT2D eigenvalue weighted by Gasteiger charge is -2.06. The molecule has 22 heavy (non-hydrogen) atoms. The Bertz CT molecular complexity index is 811. The molecule has 0 radical (unpaired) electrons. The molecule has 3 aromatic rings. The zero-order valence-electron chi connectivity index (χ0n) is 12.0. The van der Waals surface area contributed by atoms with Crippen molar-refractivity contribution in [2.24, 2.45) is 0 Å². The van der Waals surface area contributed by atoms with E-state index in [9.17, 15) is 9.90 Å². The Balaban J connectivity index is 2.17. The van der Waals surface area contributed by atoms with Crippen molar-refractivity contribution in [3.63, 3.8) is 0 Å². The molecule has 4 nitrogen and oxygen atoms in total. The fourth-order valence-electron chi connectivity index (χ4n) is 2.36. The van der Waals surface area contributed by atoms with Crippen molar-refractivity contribution in [1.29, 1.82) is 0 Å². The number of carbonyl (C=O) groups excluding carboxylic acids is 1. The van der Waals surface area contributed by atoms with E-state index in [4.69, 9.17) is 4.74 Å². The van der Waals surface area contributed by atoms with Gasteiger partial charge >= 0.3 is 0 Å². The van der Waals surface area contributed by atoms with E-state index in [-0.39, 0.29) is 5.75 Å². The Morgan fingerprint density at radius 2 is 2.00 bits per heavy atom. The van der Waals surface area contributed by atoms with E-state index in [0.717, 1.165) is 32.8 Å². The third-order valence-electron chi connectivity index (χ3n) is 3.35. The second-order valence-electron chi connectivity index (χ2n) is 4.77. The molecule has 0 amide bonds. The van der Waals surface area contributed by atoms with Gasteiger partial charge in [-0.25, -0.2) is 0 Å². The number of hydrogen-bond donors (Lipinski definition) is 1. The van der Waals surface area contributed by atoms with Gasteiger partial charge in [0.2, 0.25) is 0 Å². The number of aromatic nitrogens is 1. The minimum atomic E-state index is -1.08. The second kappa shape index (κ2) is 6.15. The van der Waals surface area contributed by atoms with Crippen LogP contribution in [-0.2, 0) is 4.79 Å². The standard InChI is InChI=1S/C17H15NO3S/c1-21-12-7-8-14-13(9-12)17(22-10-15(19)20)16(18-14)11-5-3-2-4-6-11/h2-9,18H,10H2,1H3,(H,19,20)/p-1. The Morgan fingerprint density at radius 1 is 1.23 bits per heavy atom. The van der Waals surface area contributed by atoms with Crippen molar-refractivity contribution in [3.05, 3.63) is 48.5 Å². The van der Waals surface area contributed by atoms with Crippen molar-refractivity contribution in [2.75, 3.05) is 12.9 Å². The maximum Gasteiger partial charge on any atom is 0.119 e. The average Bonchev–Trinajstić information content (AvgIpc) is 2.91. The molecule has 0 atom stereocenters. The number of carbonyl (C=O) groups is 1. The molecule has 2 aromatic carbocycles. The number of rotatable bonds is 5. The van der Waals surface area contributed by atoms with Crippen molar-refractivity contribution < 1.29 is 14.6 Å². The van der Waals surface area contributed by atoms with Gasteiger partial charge < -0.3 is 19.6 Å². The minimum absolute atomic E-state index is 0.0933. The molecular weight excluding hydrogens is 298 g/mol. The molecule has 1 aromatic heterocycles. The molecule has 0 aliphatic rings. The molecule has 1 N–H and O–H groups in total. The molecule has 0 fully saturated rings.